The van der Waals surface area contributed by atoms with Crippen molar-refractivity contribution in [3.8, 4) is 28.7 Å². The topological polar surface area (TPSA) is 139 Å². The fourth-order valence-electron chi connectivity index (χ4n) is 3.76. The van der Waals surface area contributed by atoms with Crippen LogP contribution >= 0.6 is 11.3 Å². The number of amides is 1. The van der Waals surface area contributed by atoms with Crippen LogP contribution in [0.15, 0.2) is 106 Å². The van der Waals surface area contributed by atoms with E-state index in [1.807, 2.05) is 36.4 Å². The van der Waals surface area contributed by atoms with Gasteiger partial charge in [0.05, 0.1) is 10.5 Å². The molecule has 0 fully saturated rings. The van der Waals surface area contributed by atoms with E-state index in [0.29, 0.717) is 38.4 Å². The van der Waals surface area contributed by atoms with Crippen LogP contribution in [0.3, 0.4) is 0 Å². The fraction of sp³-hybridized carbons (Fsp3) is 0. The normalized spacial score (nSPS) is 11.6. The van der Waals surface area contributed by atoms with Crippen molar-refractivity contribution in [1.29, 1.82) is 5.26 Å². The van der Waals surface area contributed by atoms with Crippen LogP contribution in [0.2, 0.25) is 0 Å². The number of primary sulfonamides is 1. The molecule has 0 aliphatic rings. The number of carbonyl (C=O) groups excluding carboxylic acids is 1. The maximum atomic E-state index is 12.9. The molecule has 8 nitrogen and oxygen atoms in total. The van der Waals surface area contributed by atoms with Crippen molar-refractivity contribution in [2.75, 3.05) is 5.32 Å². The number of sulfonamides is 1. The van der Waals surface area contributed by atoms with E-state index in [1.165, 1.54) is 23.5 Å². The molecule has 3 aromatic carbocycles. The number of nitriles is 1. The molecule has 39 heavy (non-hydrogen) atoms. The Morgan fingerprint density at radius 2 is 1.59 bits per heavy atom. The van der Waals surface area contributed by atoms with Crippen LogP contribution in [0.4, 0.5) is 5.00 Å². The van der Waals surface area contributed by atoms with Crippen LogP contribution in [0.5, 0.6) is 0 Å². The molecule has 10 heteroatoms. The van der Waals surface area contributed by atoms with Crippen molar-refractivity contribution < 1.29 is 17.6 Å². The van der Waals surface area contributed by atoms with E-state index in [0.717, 1.165) is 5.56 Å². The van der Waals surface area contributed by atoms with E-state index in [-0.39, 0.29) is 16.4 Å². The number of aromatic nitrogens is 1. The second-order valence-corrected chi connectivity index (χ2v) is 10.9. The maximum Gasteiger partial charge on any atom is 0.256 e. The first-order valence-corrected chi connectivity index (χ1v) is 14.0. The first-order chi connectivity index (χ1) is 18.8. The van der Waals surface area contributed by atoms with Crippen molar-refractivity contribution in [3.05, 3.63) is 113 Å². The average molecular weight is 553 g/mol. The van der Waals surface area contributed by atoms with Crippen molar-refractivity contribution >= 4 is 43.9 Å². The highest BCUT2D eigenvalue weighted by Crippen LogP contribution is 2.37. The molecular weight excluding hydrogens is 532 g/mol. The third-order valence-electron chi connectivity index (χ3n) is 5.67. The molecular formula is C29H20N4O4S2. The van der Waals surface area contributed by atoms with Crippen molar-refractivity contribution in [1.82, 2.24) is 4.98 Å². The SMILES string of the molecule is N#C/C(=C\c1ccc(-c2ccc(S(N)(=O)=O)cc2)o1)c1nc(-c2ccccc2)c(NC(=O)c2ccccc2)s1. The summed E-state index contributed by atoms with van der Waals surface area (Å²) in [6.07, 6.45) is 1.57. The molecule has 0 saturated heterocycles. The predicted molar refractivity (Wildman–Crippen MR) is 151 cm³/mol. The third kappa shape index (κ3) is 5.86. The van der Waals surface area contributed by atoms with Crippen molar-refractivity contribution in [2.45, 2.75) is 4.90 Å². The Bertz CT molecular complexity index is 1820. The number of anilines is 1. The minimum absolute atomic E-state index is 0.00200. The number of carbonyl (C=O) groups is 1. The molecule has 0 radical (unpaired) electrons. The quantitative estimate of drug-likeness (QED) is 0.236. The van der Waals surface area contributed by atoms with Gasteiger partial charge in [0.2, 0.25) is 10.0 Å². The van der Waals surface area contributed by atoms with E-state index < -0.39 is 10.0 Å². The van der Waals surface area contributed by atoms with Crippen LogP contribution < -0.4 is 10.5 Å². The molecule has 0 spiro atoms. The first-order valence-electron chi connectivity index (χ1n) is 11.6. The molecule has 0 unspecified atom stereocenters. The lowest BCUT2D eigenvalue weighted by molar-refractivity contribution is 0.102. The summed E-state index contributed by atoms with van der Waals surface area (Å²) in [5, 5.41) is 19.0. The molecule has 0 aliphatic heterocycles. The molecule has 0 atom stereocenters. The second kappa shape index (κ2) is 10.9. The lowest BCUT2D eigenvalue weighted by atomic mass is 10.1. The summed E-state index contributed by atoms with van der Waals surface area (Å²) in [5.74, 6) is 0.609. The minimum Gasteiger partial charge on any atom is -0.457 e. The number of furan rings is 1. The average Bonchev–Trinajstić information content (AvgIpc) is 3.59. The van der Waals surface area contributed by atoms with E-state index >= 15 is 0 Å². The van der Waals surface area contributed by atoms with Crippen LogP contribution in [0.1, 0.15) is 21.1 Å². The number of nitrogens with two attached hydrogens (primary N) is 1. The lowest BCUT2D eigenvalue weighted by Crippen LogP contribution is -2.11. The zero-order valence-electron chi connectivity index (χ0n) is 20.2. The smallest absolute Gasteiger partial charge is 0.256 e. The van der Waals surface area contributed by atoms with Gasteiger partial charge >= 0.3 is 0 Å². The summed E-state index contributed by atoms with van der Waals surface area (Å²) >= 11 is 1.19. The van der Waals surface area contributed by atoms with Gasteiger partial charge in [-0.05, 0) is 48.5 Å². The van der Waals surface area contributed by atoms with Gasteiger partial charge in [-0.1, -0.05) is 59.9 Å². The molecule has 2 heterocycles. The van der Waals surface area contributed by atoms with Crippen LogP contribution in [0.25, 0.3) is 34.2 Å². The van der Waals surface area contributed by atoms with E-state index in [9.17, 15) is 18.5 Å². The molecule has 1 amide bonds. The molecule has 5 rings (SSSR count). The Morgan fingerprint density at radius 1 is 0.923 bits per heavy atom. The first kappa shape index (κ1) is 25.8. The lowest BCUT2D eigenvalue weighted by Gasteiger charge is -2.05. The maximum absolute atomic E-state index is 12.9. The summed E-state index contributed by atoms with van der Waals surface area (Å²) in [4.78, 5) is 17.6. The largest absolute Gasteiger partial charge is 0.457 e. The van der Waals surface area contributed by atoms with Crippen LogP contribution in [-0.2, 0) is 10.0 Å². The van der Waals surface area contributed by atoms with Gasteiger partial charge in [0.1, 0.15) is 33.3 Å². The molecule has 192 valence electrons. The summed E-state index contributed by atoms with van der Waals surface area (Å²) < 4.78 is 28.9. The summed E-state index contributed by atoms with van der Waals surface area (Å²) in [7, 11) is -3.80. The number of rotatable bonds is 7. The highest BCUT2D eigenvalue weighted by atomic mass is 32.2. The Balaban J connectivity index is 1.47. The molecule has 0 bridgehead atoms. The Labute approximate surface area is 228 Å². The monoisotopic (exact) mass is 552 g/mol. The van der Waals surface area contributed by atoms with E-state index in [2.05, 4.69) is 11.4 Å². The van der Waals surface area contributed by atoms with Crippen LogP contribution in [-0.4, -0.2) is 19.3 Å². The number of nitrogens with zero attached hydrogens (tertiary/aromatic N) is 2. The number of hydrogen-bond donors (Lipinski definition) is 2. The van der Waals surface area contributed by atoms with Gasteiger partial charge in [-0.15, -0.1) is 0 Å². The summed E-state index contributed by atoms with van der Waals surface area (Å²) in [6.45, 7) is 0. The van der Waals surface area contributed by atoms with Gasteiger partial charge in [0.25, 0.3) is 5.91 Å². The molecule has 3 N–H and O–H groups in total. The standard InChI is InChI=1S/C29H20N4O4S2/c30-18-22(17-23-13-16-25(37-23)19-11-14-24(15-12-19)39(31,35)36)28-32-26(20-7-3-1-4-8-20)29(38-28)33-27(34)21-9-5-2-6-10-21/h1-17H,(H,33,34)(H2,31,35,36)/b22-17+. The van der Waals surface area contributed by atoms with Crippen molar-refractivity contribution in [2.24, 2.45) is 5.14 Å². The molecule has 5 aromatic rings. The minimum atomic E-state index is -3.80. The fourth-order valence-corrected chi connectivity index (χ4v) is 5.22. The number of nitrogens with one attached hydrogen (secondary N) is 1. The summed E-state index contributed by atoms with van der Waals surface area (Å²) in [5.41, 5.74) is 2.75. The molecule has 0 saturated carbocycles. The molecule has 2 aromatic heterocycles. The van der Waals surface area contributed by atoms with Gasteiger partial charge in [-0.3, -0.25) is 4.79 Å². The Kier molecular flexibility index (Phi) is 7.21. The number of hydrogen-bond acceptors (Lipinski definition) is 7. The van der Waals surface area contributed by atoms with Gasteiger partial charge in [0.15, 0.2) is 0 Å². The van der Waals surface area contributed by atoms with E-state index in [1.54, 1.807) is 54.6 Å². The van der Waals surface area contributed by atoms with Gasteiger partial charge < -0.3 is 9.73 Å². The number of allylic oxidation sites excluding steroid dienone is 1. The zero-order chi connectivity index (χ0) is 27.4. The van der Waals surface area contributed by atoms with Crippen LogP contribution in [0, 0.1) is 11.3 Å². The van der Waals surface area contributed by atoms with Gasteiger partial charge in [0, 0.05) is 22.8 Å². The molecule has 0 aliphatic carbocycles. The van der Waals surface area contributed by atoms with E-state index in [4.69, 9.17) is 14.5 Å². The summed E-state index contributed by atoms with van der Waals surface area (Å²) in [6, 6.07) is 29.8. The second-order valence-electron chi connectivity index (χ2n) is 8.32. The van der Waals surface area contributed by atoms with Gasteiger partial charge in [-0.2, -0.15) is 5.26 Å². The highest BCUT2D eigenvalue weighted by molar-refractivity contribution is 7.89. The Hall–Kier alpha value is -4.82. The predicted octanol–water partition coefficient (Wildman–Crippen LogP) is 6.03. The third-order valence-corrected chi connectivity index (χ3v) is 7.60. The Morgan fingerprint density at radius 3 is 2.23 bits per heavy atom. The highest BCUT2D eigenvalue weighted by Gasteiger charge is 2.19. The number of thiazole rings is 1. The zero-order valence-corrected chi connectivity index (χ0v) is 21.9. The van der Waals surface area contributed by atoms with Gasteiger partial charge in [-0.25, -0.2) is 18.5 Å². The number of benzene rings is 3. The van der Waals surface area contributed by atoms with Crippen molar-refractivity contribution in [3.63, 3.8) is 0 Å².